The molecule has 4 heteroatoms. The number of hydrogen-bond donors (Lipinski definition) is 1. The van der Waals surface area contributed by atoms with Crippen LogP contribution in [0.3, 0.4) is 0 Å². The Morgan fingerprint density at radius 2 is 1.86 bits per heavy atom. The van der Waals surface area contributed by atoms with Crippen molar-refractivity contribution >= 4 is 23.4 Å². The van der Waals surface area contributed by atoms with Gasteiger partial charge in [-0.15, -0.1) is 0 Å². The number of carbonyl (C=O) groups is 1. The summed E-state index contributed by atoms with van der Waals surface area (Å²) in [5.41, 5.74) is 7.22. The van der Waals surface area contributed by atoms with Crippen LogP contribution in [0.4, 0.5) is 11.4 Å². The van der Waals surface area contributed by atoms with Gasteiger partial charge in [0, 0.05) is 18.0 Å². The van der Waals surface area contributed by atoms with Crippen LogP contribution < -0.4 is 15.4 Å². The fourth-order valence-corrected chi connectivity index (χ4v) is 2.40. The van der Waals surface area contributed by atoms with Crippen LogP contribution in [-0.4, -0.2) is 11.5 Å². The molecular weight excluding hydrogens is 276 g/mol. The summed E-state index contributed by atoms with van der Waals surface area (Å²) in [6, 6.07) is 15.1. The van der Waals surface area contributed by atoms with Crippen LogP contribution in [-0.2, 0) is 4.79 Å². The molecule has 0 fully saturated rings. The molecule has 2 aromatic rings. The van der Waals surface area contributed by atoms with Gasteiger partial charge in [0.2, 0.25) is 0 Å². The Labute approximate surface area is 129 Å². The minimum absolute atomic E-state index is 0.114. The van der Waals surface area contributed by atoms with Gasteiger partial charge in [0.05, 0.1) is 5.69 Å². The number of benzene rings is 2. The molecule has 0 aliphatic carbocycles. The molecule has 0 saturated carbocycles. The van der Waals surface area contributed by atoms with Crippen molar-refractivity contribution in [3.8, 4) is 5.75 Å². The molecular formula is C18H18N2O2. The predicted molar refractivity (Wildman–Crippen MR) is 88.5 cm³/mol. The largest absolute Gasteiger partial charge is 0.476 e. The Morgan fingerprint density at radius 1 is 1.14 bits per heavy atom. The molecule has 0 radical (unpaired) electrons. The van der Waals surface area contributed by atoms with Gasteiger partial charge in [0.25, 0.3) is 5.91 Å². The van der Waals surface area contributed by atoms with Crippen LogP contribution in [0.15, 0.2) is 54.7 Å². The standard InChI is InChI=1S/C18H18N2O2/c1-18(2)17(21)20(11-10-13-6-4-3-5-7-13)15-9-8-14(19)12-16(15)22-18/h3-12H,19H2,1-2H3/b11-10+. The Morgan fingerprint density at radius 3 is 2.59 bits per heavy atom. The molecule has 1 aliphatic rings. The van der Waals surface area contributed by atoms with Gasteiger partial charge >= 0.3 is 0 Å². The minimum atomic E-state index is -0.929. The molecule has 2 aromatic carbocycles. The van der Waals surface area contributed by atoms with Crippen molar-refractivity contribution in [3.63, 3.8) is 0 Å². The summed E-state index contributed by atoms with van der Waals surface area (Å²) in [5, 5.41) is 0. The van der Waals surface area contributed by atoms with E-state index in [1.807, 2.05) is 36.4 Å². The predicted octanol–water partition coefficient (Wildman–Crippen LogP) is 3.44. The summed E-state index contributed by atoms with van der Waals surface area (Å²) in [7, 11) is 0. The maximum absolute atomic E-state index is 12.6. The molecule has 0 aromatic heterocycles. The average Bonchev–Trinajstić information content (AvgIpc) is 2.48. The van der Waals surface area contributed by atoms with E-state index in [1.165, 1.54) is 0 Å². The second-order valence-electron chi connectivity index (χ2n) is 5.74. The zero-order valence-corrected chi connectivity index (χ0v) is 12.6. The van der Waals surface area contributed by atoms with E-state index < -0.39 is 5.60 Å². The highest BCUT2D eigenvalue weighted by molar-refractivity contribution is 6.04. The molecule has 22 heavy (non-hydrogen) atoms. The molecule has 3 rings (SSSR count). The number of nitrogens with zero attached hydrogens (tertiary/aromatic N) is 1. The lowest BCUT2D eigenvalue weighted by molar-refractivity contribution is -0.131. The second-order valence-corrected chi connectivity index (χ2v) is 5.74. The lowest BCUT2D eigenvalue weighted by Gasteiger charge is -2.37. The smallest absolute Gasteiger partial charge is 0.274 e. The van der Waals surface area contributed by atoms with E-state index in [1.54, 1.807) is 43.1 Å². The molecule has 1 aliphatic heterocycles. The zero-order chi connectivity index (χ0) is 15.7. The topological polar surface area (TPSA) is 55.6 Å². The van der Waals surface area contributed by atoms with Gasteiger partial charge in [-0.1, -0.05) is 30.3 Å². The maximum atomic E-state index is 12.6. The molecule has 0 spiro atoms. The van der Waals surface area contributed by atoms with Gasteiger partial charge in [-0.25, -0.2) is 0 Å². The van der Waals surface area contributed by atoms with E-state index in [2.05, 4.69) is 0 Å². The van der Waals surface area contributed by atoms with Crippen molar-refractivity contribution in [2.75, 3.05) is 10.6 Å². The van der Waals surface area contributed by atoms with E-state index in [0.717, 1.165) is 5.56 Å². The van der Waals surface area contributed by atoms with E-state index in [9.17, 15) is 4.79 Å². The number of carbonyl (C=O) groups excluding carboxylic acids is 1. The highest BCUT2D eigenvalue weighted by Gasteiger charge is 2.40. The molecule has 2 N–H and O–H groups in total. The van der Waals surface area contributed by atoms with E-state index in [0.29, 0.717) is 17.1 Å². The van der Waals surface area contributed by atoms with Crippen LogP contribution in [0.25, 0.3) is 6.08 Å². The molecule has 112 valence electrons. The van der Waals surface area contributed by atoms with Crippen molar-refractivity contribution in [1.29, 1.82) is 0 Å². The number of nitrogen functional groups attached to an aromatic ring is 1. The third kappa shape index (κ3) is 2.55. The average molecular weight is 294 g/mol. The minimum Gasteiger partial charge on any atom is -0.476 e. The second kappa shape index (κ2) is 5.22. The number of nitrogens with two attached hydrogens (primary N) is 1. The van der Waals surface area contributed by atoms with Crippen LogP contribution >= 0.6 is 0 Å². The summed E-state index contributed by atoms with van der Waals surface area (Å²) in [4.78, 5) is 14.3. The van der Waals surface area contributed by atoms with Crippen molar-refractivity contribution in [3.05, 3.63) is 60.3 Å². The van der Waals surface area contributed by atoms with Gasteiger partial charge < -0.3 is 10.5 Å². The summed E-state index contributed by atoms with van der Waals surface area (Å²) < 4.78 is 5.79. The number of amides is 1. The molecule has 4 nitrogen and oxygen atoms in total. The van der Waals surface area contributed by atoms with Crippen molar-refractivity contribution in [2.24, 2.45) is 0 Å². The molecule has 0 unspecified atom stereocenters. The Balaban J connectivity index is 2.02. The molecule has 1 heterocycles. The lowest BCUT2D eigenvalue weighted by atomic mass is 10.0. The van der Waals surface area contributed by atoms with Crippen LogP contribution in [0, 0.1) is 0 Å². The fraction of sp³-hybridized carbons (Fsp3) is 0.167. The van der Waals surface area contributed by atoms with Gasteiger partial charge in [-0.2, -0.15) is 0 Å². The molecule has 0 bridgehead atoms. The first-order valence-electron chi connectivity index (χ1n) is 7.13. The SMILES string of the molecule is CC1(C)Oc2cc(N)ccc2N(/C=C/c2ccccc2)C1=O. The van der Waals surface area contributed by atoms with Crippen molar-refractivity contribution in [2.45, 2.75) is 19.4 Å². The number of rotatable bonds is 2. The monoisotopic (exact) mass is 294 g/mol. The van der Waals surface area contributed by atoms with Crippen molar-refractivity contribution in [1.82, 2.24) is 0 Å². The number of hydrogen-bond acceptors (Lipinski definition) is 3. The highest BCUT2D eigenvalue weighted by Crippen LogP contribution is 2.39. The Hall–Kier alpha value is -2.75. The lowest BCUT2D eigenvalue weighted by Crippen LogP contribution is -2.50. The third-order valence-electron chi connectivity index (χ3n) is 3.56. The van der Waals surface area contributed by atoms with Gasteiger partial charge in [0.15, 0.2) is 5.60 Å². The zero-order valence-electron chi connectivity index (χ0n) is 12.6. The first-order valence-corrected chi connectivity index (χ1v) is 7.13. The van der Waals surface area contributed by atoms with Crippen LogP contribution in [0.2, 0.25) is 0 Å². The third-order valence-corrected chi connectivity index (χ3v) is 3.56. The summed E-state index contributed by atoms with van der Waals surface area (Å²) >= 11 is 0. The number of fused-ring (bicyclic) bond motifs is 1. The number of anilines is 2. The number of ether oxygens (including phenoxy) is 1. The van der Waals surface area contributed by atoms with Gasteiger partial charge in [-0.05, 0) is 37.6 Å². The highest BCUT2D eigenvalue weighted by atomic mass is 16.5. The summed E-state index contributed by atoms with van der Waals surface area (Å²) in [6.45, 7) is 3.51. The molecule has 0 atom stereocenters. The molecule has 1 amide bonds. The summed E-state index contributed by atoms with van der Waals surface area (Å²) in [5.74, 6) is 0.499. The van der Waals surface area contributed by atoms with Gasteiger partial charge in [-0.3, -0.25) is 9.69 Å². The normalized spacial score (nSPS) is 16.5. The van der Waals surface area contributed by atoms with E-state index in [4.69, 9.17) is 10.5 Å². The Kier molecular flexibility index (Phi) is 3.37. The Bertz CT molecular complexity index is 736. The van der Waals surface area contributed by atoms with Crippen LogP contribution in [0.1, 0.15) is 19.4 Å². The maximum Gasteiger partial charge on any atom is 0.274 e. The van der Waals surface area contributed by atoms with Crippen LogP contribution in [0.5, 0.6) is 5.75 Å². The molecule has 0 saturated heterocycles. The first kappa shape index (κ1) is 14.2. The quantitative estimate of drug-likeness (QED) is 0.863. The first-order chi connectivity index (χ1) is 10.5. The van der Waals surface area contributed by atoms with E-state index >= 15 is 0 Å². The van der Waals surface area contributed by atoms with E-state index in [-0.39, 0.29) is 5.91 Å². The summed E-state index contributed by atoms with van der Waals surface area (Å²) in [6.07, 6.45) is 3.68. The van der Waals surface area contributed by atoms with Gasteiger partial charge in [0.1, 0.15) is 5.75 Å². The fourth-order valence-electron chi connectivity index (χ4n) is 2.40. The van der Waals surface area contributed by atoms with Crippen molar-refractivity contribution < 1.29 is 9.53 Å².